The fourth-order valence-electron chi connectivity index (χ4n) is 1.15. The third-order valence-corrected chi connectivity index (χ3v) is 2.12. The second-order valence-electron chi connectivity index (χ2n) is 3.84. The van der Waals surface area contributed by atoms with Crippen LogP contribution in [0, 0.1) is 5.41 Å². The van der Waals surface area contributed by atoms with E-state index in [1.54, 1.807) is 0 Å². The molecule has 1 rings (SSSR count). The average Bonchev–Trinajstić information content (AvgIpc) is 1.93. The monoisotopic (exact) mass is 184 g/mol. The zero-order valence-corrected chi connectivity index (χ0v) is 8.19. The highest BCUT2D eigenvalue weighted by Crippen LogP contribution is 2.29. The van der Waals surface area contributed by atoms with Gasteiger partial charge in [-0.2, -0.15) is 0 Å². The van der Waals surface area contributed by atoms with Crippen molar-refractivity contribution in [2.75, 3.05) is 0 Å². The van der Waals surface area contributed by atoms with Gasteiger partial charge in [-0.25, -0.2) is 0 Å². The lowest BCUT2D eigenvalue weighted by Crippen LogP contribution is -2.09. The highest BCUT2D eigenvalue weighted by molar-refractivity contribution is 6.63. The maximum absolute atomic E-state index is 10.6. The van der Waals surface area contributed by atoms with Gasteiger partial charge < -0.3 is 0 Å². The molecule has 0 heterocycles. The highest BCUT2D eigenvalue weighted by Gasteiger charge is 2.16. The van der Waals surface area contributed by atoms with Crippen LogP contribution < -0.4 is 0 Å². The Hall–Kier alpha value is -0.560. The summed E-state index contributed by atoms with van der Waals surface area (Å²) in [4.78, 5) is 10.6. The van der Waals surface area contributed by atoms with Crippen molar-refractivity contribution in [3.63, 3.8) is 0 Å². The summed E-state index contributed by atoms with van der Waals surface area (Å²) < 4.78 is 0. The van der Waals surface area contributed by atoms with Crippen LogP contribution in [0.4, 0.5) is 0 Å². The van der Waals surface area contributed by atoms with Crippen molar-refractivity contribution in [1.82, 2.24) is 0 Å². The molecule has 0 aliphatic heterocycles. The normalized spacial score (nSPS) is 20.4. The Labute approximate surface area is 78.1 Å². The Balaban J connectivity index is 2.58. The summed E-state index contributed by atoms with van der Waals surface area (Å²) >= 11 is 5.27. The number of halogens is 1. The van der Waals surface area contributed by atoms with E-state index >= 15 is 0 Å². The first-order chi connectivity index (χ1) is 5.49. The highest BCUT2D eigenvalue weighted by atomic mass is 35.5. The Bertz CT molecular complexity index is 249. The van der Waals surface area contributed by atoms with Gasteiger partial charge in [0.15, 0.2) is 0 Å². The van der Waals surface area contributed by atoms with Crippen LogP contribution in [0.25, 0.3) is 0 Å². The van der Waals surface area contributed by atoms with Crippen LogP contribution >= 0.6 is 11.6 Å². The van der Waals surface area contributed by atoms with Crippen molar-refractivity contribution < 1.29 is 4.79 Å². The van der Waals surface area contributed by atoms with Crippen molar-refractivity contribution in [3.05, 3.63) is 23.8 Å². The van der Waals surface area contributed by atoms with E-state index in [-0.39, 0.29) is 10.7 Å². The molecule has 0 radical (unpaired) electrons. The van der Waals surface area contributed by atoms with E-state index < -0.39 is 0 Å². The molecule has 66 valence electrons. The summed E-state index contributed by atoms with van der Waals surface area (Å²) in [6, 6.07) is 0. The van der Waals surface area contributed by atoms with Gasteiger partial charge in [0, 0.05) is 6.42 Å². The van der Waals surface area contributed by atoms with Crippen LogP contribution in [0.1, 0.15) is 26.7 Å². The van der Waals surface area contributed by atoms with E-state index in [0.29, 0.717) is 6.42 Å². The molecule has 0 saturated heterocycles. The minimum Gasteiger partial charge on any atom is -0.281 e. The lowest BCUT2D eigenvalue weighted by atomic mass is 9.84. The molecule has 0 amide bonds. The maximum Gasteiger partial charge on any atom is 0.226 e. The predicted molar refractivity (Wildman–Crippen MR) is 51.1 cm³/mol. The number of hydrogen-bond acceptors (Lipinski definition) is 1. The van der Waals surface area contributed by atoms with E-state index in [0.717, 1.165) is 12.0 Å². The zero-order valence-electron chi connectivity index (χ0n) is 7.43. The molecule has 0 spiro atoms. The third-order valence-electron chi connectivity index (χ3n) is 1.98. The van der Waals surface area contributed by atoms with Gasteiger partial charge in [-0.1, -0.05) is 32.1 Å². The predicted octanol–water partition coefficient (Wildman–Crippen LogP) is 3.05. The number of hydrogen-bond donors (Lipinski definition) is 0. The van der Waals surface area contributed by atoms with Gasteiger partial charge in [-0.05, 0) is 29.0 Å². The second kappa shape index (κ2) is 3.44. The maximum atomic E-state index is 10.6. The summed E-state index contributed by atoms with van der Waals surface area (Å²) in [6.07, 6.45) is 7.54. The molecule has 0 N–H and O–H groups in total. The Morgan fingerprint density at radius 2 is 2.33 bits per heavy atom. The Kier molecular flexibility index (Phi) is 2.73. The van der Waals surface area contributed by atoms with Gasteiger partial charge in [0.05, 0.1) is 0 Å². The van der Waals surface area contributed by atoms with Crippen molar-refractivity contribution in [2.45, 2.75) is 26.7 Å². The van der Waals surface area contributed by atoms with Crippen LogP contribution in [-0.4, -0.2) is 5.24 Å². The molecular weight excluding hydrogens is 172 g/mol. The van der Waals surface area contributed by atoms with E-state index in [2.05, 4.69) is 26.0 Å². The molecule has 12 heavy (non-hydrogen) atoms. The molecule has 1 aliphatic rings. The standard InChI is InChI=1S/C10H13ClO/c1-10(2)5-3-8(4-6-10)7-9(11)12/h3-5H,6-7H2,1-2H3. The Morgan fingerprint density at radius 3 is 2.75 bits per heavy atom. The molecular formula is C10H13ClO. The van der Waals surface area contributed by atoms with Crippen molar-refractivity contribution in [3.8, 4) is 0 Å². The van der Waals surface area contributed by atoms with Crippen LogP contribution in [0.2, 0.25) is 0 Å². The van der Waals surface area contributed by atoms with E-state index in [4.69, 9.17) is 11.6 Å². The summed E-state index contributed by atoms with van der Waals surface area (Å²) in [6.45, 7) is 4.33. The summed E-state index contributed by atoms with van der Waals surface area (Å²) in [5.41, 5.74) is 1.27. The van der Waals surface area contributed by atoms with Crippen molar-refractivity contribution >= 4 is 16.8 Å². The Morgan fingerprint density at radius 1 is 1.67 bits per heavy atom. The summed E-state index contributed by atoms with van der Waals surface area (Å²) in [5, 5.41) is -0.286. The first-order valence-electron chi connectivity index (χ1n) is 4.06. The second-order valence-corrected chi connectivity index (χ2v) is 4.26. The zero-order chi connectivity index (χ0) is 9.19. The molecule has 0 aromatic rings. The lowest BCUT2D eigenvalue weighted by molar-refractivity contribution is -0.111. The molecule has 2 heteroatoms. The summed E-state index contributed by atoms with van der Waals surface area (Å²) in [7, 11) is 0. The van der Waals surface area contributed by atoms with Crippen LogP contribution in [0.3, 0.4) is 0 Å². The molecule has 1 nitrogen and oxygen atoms in total. The molecule has 0 fully saturated rings. The fraction of sp³-hybridized carbons (Fsp3) is 0.500. The number of carbonyl (C=O) groups excluding carboxylic acids is 1. The van der Waals surface area contributed by atoms with E-state index in [1.807, 2.05) is 6.08 Å². The smallest absolute Gasteiger partial charge is 0.226 e. The van der Waals surface area contributed by atoms with Crippen molar-refractivity contribution in [2.24, 2.45) is 5.41 Å². The molecule has 0 saturated carbocycles. The average molecular weight is 185 g/mol. The SMILES string of the molecule is CC1(C)C=CC(CC(=O)Cl)=CC1. The van der Waals surface area contributed by atoms with Crippen LogP contribution in [0.15, 0.2) is 23.8 Å². The minimum atomic E-state index is -0.286. The lowest BCUT2D eigenvalue weighted by Gasteiger charge is -2.22. The topological polar surface area (TPSA) is 17.1 Å². The molecule has 0 unspecified atom stereocenters. The fourth-order valence-corrected chi connectivity index (χ4v) is 1.31. The van der Waals surface area contributed by atoms with E-state index in [9.17, 15) is 4.79 Å². The summed E-state index contributed by atoms with van der Waals surface area (Å²) in [5.74, 6) is 0. The van der Waals surface area contributed by atoms with Gasteiger partial charge in [-0.3, -0.25) is 4.79 Å². The largest absolute Gasteiger partial charge is 0.281 e. The molecule has 0 atom stereocenters. The molecule has 1 aliphatic carbocycles. The quantitative estimate of drug-likeness (QED) is 0.603. The van der Waals surface area contributed by atoms with Crippen LogP contribution in [-0.2, 0) is 4.79 Å². The first kappa shape index (κ1) is 9.53. The minimum absolute atomic E-state index is 0.235. The molecule has 0 bridgehead atoms. The molecule has 0 aromatic carbocycles. The number of allylic oxidation sites excluding steroid dienone is 4. The van der Waals surface area contributed by atoms with Gasteiger partial charge in [0.2, 0.25) is 5.24 Å². The van der Waals surface area contributed by atoms with Gasteiger partial charge >= 0.3 is 0 Å². The molecule has 0 aromatic heterocycles. The van der Waals surface area contributed by atoms with E-state index in [1.165, 1.54) is 0 Å². The van der Waals surface area contributed by atoms with Crippen molar-refractivity contribution in [1.29, 1.82) is 0 Å². The van der Waals surface area contributed by atoms with Gasteiger partial charge in [0.25, 0.3) is 0 Å². The van der Waals surface area contributed by atoms with Gasteiger partial charge in [0.1, 0.15) is 0 Å². The number of carbonyl (C=O) groups is 1. The third kappa shape index (κ3) is 2.82. The van der Waals surface area contributed by atoms with Crippen LogP contribution in [0.5, 0.6) is 0 Å². The number of rotatable bonds is 2. The van der Waals surface area contributed by atoms with Gasteiger partial charge in [-0.15, -0.1) is 0 Å². The first-order valence-corrected chi connectivity index (χ1v) is 4.44.